The lowest BCUT2D eigenvalue weighted by molar-refractivity contribution is 0.466. The van der Waals surface area contributed by atoms with Gasteiger partial charge in [0.15, 0.2) is 0 Å². The molecule has 4 aliphatic rings. The smallest absolute Gasteiger partial charge is 0.260 e. The first-order chi connectivity index (χ1) is 57.8. The van der Waals surface area contributed by atoms with Gasteiger partial charge in [-0.05, 0) is 220 Å². The van der Waals surface area contributed by atoms with Crippen molar-refractivity contribution in [3.05, 3.63) is 387 Å². The minimum Gasteiger partial charge on any atom is -0.458 e. The molecular formula is C110H80B2N4O2. The highest BCUT2D eigenvalue weighted by Crippen LogP contribution is 2.55. The Labute approximate surface area is 688 Å². The molecule has 6 nitrogen and oxygen atoms in total. The van der Waals surface area contributed by atoms with Crippen molar-refractivity contribution in [3.63, 3.8) is 0 Å². The zero-order valence-electron chi connectivity index (χ0n) is 66.6. The number of fused-ring (bicyclic) bond motifs is 14. The molecule has 0 bridgehead atoms. The van der Waals surface area contributed by atoms with Gasteiger partial charge >= 0.3 is 0 Å². The Hall–Kier alpha value is -14.3. The van der Waals surface area contributed by atoms with Crippen LogP contribution in [0.4, 0.5) is 34.1 Å². The maximum Gasteiger partial charge on any atom is 0.260 e. The van der Waals surface area contributed by atoms with Gasteiger partial charge in [0.1, 0.15) is 23.0 Å². The van der Waals surface area contributed by atoms with Crippen molar-refractivity contribution >= 4 is 124 Å². The van der Waals surface area contributed by atoms with Crippen LogP contribution in [-0.4, -0.2) is 22.6 Å². The molecule has 6 heterocycles. The number of ether oxygens (including phenoxy) is 2. The van der Waals surface area contributed by atoms with Crippen LogP contribution in [0, 0.1) is 0 Å². The lowest BCUT2D eigenvalue weighted by Crippen LogP contribution is -2.61. The first kappa shape index (κ1) is 69.2. The lowest BCUT2D eigenvalue weighted by Gasteiger charge is -2.45. The van der Waals surface area contributed by atoms with Crippen LogP contribution in [0.15, 0.2) is 376 Å². The minimum atomic E-state index is -0.321. The second-order valence-electron chi connectivity index (χ2n) is 34.2. The van der Waals surface area contributed by atoms with Gasteiger partial charge in [-0.3, -0.25) is 0 Å². The Kier molecular flexibility index (Phi) is 15.6. The van der Waals surface area contributed by atoms with E-state index in [1.165, 1.54) is 49.1 Å². The minimum absolute atomic E-state index is 0.0830. The van der Waals surface area contributed by atoms with Crippen LogP contribution in [0.2, 0.25) is 0 Å². The van der Waals surface area contributed by atoms with Gasteiger partial charge in [0.05, 0.1) is 27.8 Å². The van der Waals surface area contributed by atoms with E-state index in [0.29, 0.717) is 0 Å². The summed E-state index contributed by atoms with van der Waals surface area (Å²) in [6.07, 6.45) is 0. The number of hydrogen-bond donors (Lipinski definition) is 0. The van der Waals surface area contributed by atoms with E-state index >= 15 is 0 Å². The van der Waals surface area contributed by atoms with Crippen molar-refractivity contribution in [2.24, 2.45) is 0 Å². The first-order valence-electron chi connectivity index (χ1n) is 41.3. The molecule has 23 rings (SSSR count). The second-order valence-corrected chi connectivity index (χ2v) is 34.2. The molecule has 2 aromatic heterocycles. The van der Waals surface area contributed by atoms with Crippen LogP contribution in [0.5, 0.6) is 23.0 Å². The highest BCUT2D eigenvalue weighted by Gasteiger charge is 2.47. The molecule has 0 radical (unpaired) electrons. The maximum absolute atomic E-state index is 7.78. The fourth-order valence-corrected chi connectivity index (χ4v) is 19.7. The van der Waals surface area contributed by atoms with E-state index < -0.39 is 0 Å². The molecule has 0 atom stereocenters. The zero-order valence-corrected chi connectivity index (χ0v) is 66.6. The van der Waals surface area contributed by atoms with Gasteiger partial charge in [0.25, 0.3) is 13.4 Å². The van der Waals surface area contributed by atoms with E-state index in [9.17, 15) is 0 Å². The number of aromatic nitrogens is 2. The van der Waals surface area contributed by atoms with Gasteiger partial charge in [-0.1, -0.05) is 302 Å². The van der Waals surface area contributed by atoms with Crippen molar-refractivity contribution in [3.8, 4) is 101 Å². The number of anilines is 6. The van der Waals surface area contributed by atoms with Crippen LogP contribution in [0.3, 0.4) is 0 Å². The van der Waals surface area contributed by atoms with Gasteiger partial charge in [-0.25, -0.2) is 0 Å². The predicted molar refractivity (Wildman–Crippen MR) is 497 cm³/mol. The van der Waals surface area contributed by atoms with Crippen molar-refractivity contribution in [1.82, 2.24) is 9.13 Å². The summed E-state index contributed by atoms with van der Waals surface area (Å²) in [4.78, 5) is 5.28. The SMILES string of the molecule is CC(C)(C)c1ccc2c(c1)c1cc(C(C)(C)C)ccc1n2-c1ccc2c(c1)N(c1ccccc1-c1ccccc1)c1cc(-c3cc4c5c(c3-c3ccccc3-c3ccccc3)Oc3ccccc3B5c3ccccc3O4)cc3c1B2c1ccc(-n2c4ccccc4c4ccccc42)cc1N3c1cc(-c2ccccc2)cc(-c2ccccc2)c1. The Bertz CT molecular complexity index is 7160. The van der Waals surface area contributed by atoms with E-state index in [1.54, 1.807) is 0 Å². The number of benzene rings is 17. The van der Waals surface area contributed by atoms with Crippen LogP contribution in [0.25, 0.3) is 122 Å². The van der Waals surface area contributed by atoms with E-state index in [2.05, 4.69) is 437 Å². The molecule has 0 N–H and O–H groups in total. The lowest BCUT2D eigenvalue weighted by atomic mass is 9.33. The summed E-state index contributed by atoms with van der Waals surface area (Å²) in [6.45, 7) is 13.4. The van der Waals surface area contributed by atoms with Crippen molar-refractivity contribution < 1.29 is 9.47 Å². The molecule has 0 amide bonds. The number of nitrogens with zero attached hydrogens (tertiary/aromatic N) is 4. The van der Waals surface area contributed by atoms with E-state index in [0.717, 1.165) is 174 Å². The number of para-hydroxylation sites is 5. The van der Waals surface area contributed by atoms with Gasteiger partial charge < -0.3 is 28.4 Å². The Morgan fingerprint density at radius 1 is 0.237 bits per heavy atom. The molecule has 0 saturated heterocycles. The highest BCUT2D eigenvalue weighted by atomic mass is 16.5. The molecular weight excluding hydrogens is 1430 g/mol. The molecule has 8 heteroatoms. The summed E-state index contributed by atoms with van der Waals surface area (Å²) in [5, 5.41) is 4.89. The summed E-state index contributed by atoms with van der Waals surface area (Å²) < 4.78 is 20.3. The topological polar surface area (TPSA) is 34.8 Å². The summed E-state index contributed by atoms with van der Waals surface area (Å²) in [7, 11) is 0. The average molecular weight is 1510 g/mol. The van der Waals surface area contributed by atoms with Crippen LogP contribution >= 0.6 is 0 Å². The molecule has 0 fully saturated rings. The van der Waals surface area contributed by atoms with Crippen molar-refractivity contribution in [2.45, 2.75) is 52.4 Å². The van der Waals surface area contributed by atoms with Gasteiger partial charge in [0, 0.05) is 77.9 Å². The first-order valence-corrected chi connectivity index (χ1v) is 41.3. The third-order valence-electron chi connectivity index (χ3n) is 25.3. The molecule has 118 heavy (non-hydrogen) atoms. The summed E-state index contributed by atoms with van der Waals surface area (Å²) in [5.41, 5.74) is 35.0. The normalized spacial score (nSPS) is 13.1. The molecule has 19 aromatic rings. The molecule has 0 spiro atoms. The van der Waals surface area contributed by atoms with E-state index in [1.807, 2.05) is 0 Å². The summed E-state index contributed by atoms with van der Waals surface area (Å²) >= 11 is 0. The molecule has 0 saturated carbocycles. The fraction of sp³-hybridized carbons (Fsp3) is 0.0727. The third kappa shape index (κ3) is 10.9. The van der Waals surface area contributed by atoms with Crippen molar-refractivity contribution in [1.29, 1.82) is 0 Å². The van der Waals surface area contributed by atoms with Crippen molar-refractivity contribution in [2.75, 3.05) is 9.80 Å². The zero-order chi connectivity index (χ0) is 78.8. The van der Waals surface area contributed by atoms with Crippen LogP contribution < -0.4 is 52.1 Å². The Morgan fingerprint density at radius 3 is 1.22 bits per heavy atom. The van der Waals surface area contributed by atoms with Crippen LogP contribution in [0.1, 0.15) is 52.7 Å². The van der Waals surface area contributed by atoms with E-state index in [-0.39, 0.29) is 24.3 Å². The van der Waals surface area contributed by atoms with Gasteiger partial charge in [-0.15, -0.1) is 0 Å². The Balaban J connectivity index is 0.891. The molecule has 558 valence electrons. The summed E-state index contributed by atoms with van der Waals surface area (Å²) in [5.74, 6) is 3.18. The third-order valence-corrected chi connectivity index (χ3v) is 25.3. The van der Waals surface area contributed by atoms with Crippen LogP contribution in [-0.2, 0) is 10.8 Å². The molecule has 0 unspecified atom stereocenters. The van der Waals surface area contributed by atoms with E-state index in [4.69, 9.17) is 9.47 Å². The molecule has 4 aliphatic heterocycles. The van der Waals surface area contributed by atoms with Gasteiger partial charge in [0.2, 0.25) is 0 Å². The number of hydrogen-bond acceptors (Lipinski definition) is 4. The second kappa shape index (κ2) is 26.6. The fourth-order valence-electron chi connectivity index (χ4n) is 19.7. The predicted octanol–water partition coefficient (Wildman–Crippen LogP) is 25.3. The summed E-state index contributed by atoms with van der Waals surface area (Å²) in [6, 6.07) is 141. The quantitative estimate of drug-likeness (QED) is 0.128. The number of rotatable bonds is 10. The monoisotopic (exact) mass is 1510 g/mol. The maximum atomic E-state index is 7.78. The van der Waals surface area contributed by atoms with Gasteiger partial charge in [-0.2, -0.15) is 0 Å². The standard InChI is InChI=1S/C110H80B2N4O2/c1-109(2,3)76-51-57-96-87(64-76)88-65-77(110(4,5)6)52-58-97(88)114(96)79-54-56-90-99(67-79)116(93-46-26-21-40-82(93)72-37-17-10-18-38-72)101-63-75(86-68-104-107-108(105(86)85-43-20-19-39-81(85)71-35-15-9-16-36-71)118-103-50-30-25-45-92(103)112(107)91-44-24-29-49-102(91)117-104)62-100-106(101)111(90)89-55-53-78(113-94-47-27-22-41-83(94)84-42-23-28-48-95(84)113)66-98(89)115(100)80-60-73(69-31-11-7-12-32-69)59-74(61-80)70-33-13-8-14-34-70/h7-68H,1-6H3. The largest absolute Gasteiger partial charge is 0.458 e. The Morgan fingerprint density at radius 2 is 0.669 bits per heavy atom. The molecule has 17 aromatic carbocycles. The molecule has 0 aliphatic carbocycles. The highest BCUT2D eigenvalue weighted by molar-refractivity contribution is 7.00. The average Bonchev–Trinajstić information content (AvgIpc) is 0.797.